The maximum atomic E-state index is 12.3. The molecule has 0 unspecified atom stereocenters. The number of nitrogens with zero attached hydrogens (tertiary/aromatic N) is 1. The van der Waals surface area contributed by atoms with Gasteiger partial charge in [-0.05, 0) is 36.8 Å². The number of benzene rings is 1. The molecule has 1 aliphatic heterocycles. The van der Waals surface area contributed by atoms with Gasteiger partial charge in [0.2, 0.25) is 10.0 Å². The molecule has 0 saturated carbocycles. The predicted molar refractivity (Wildman–Crippen MR) is 99.3 cm³/mol. The quantitative estimate of drug-likeness (QED) is 0.804. The number of likely N-dealkylation sites (tertiary alicyclic amines) is 1. The van der Waals surface area contributed by atoms with Crippen molar-refractivity contribution >= 4 is 15.9 Å². The van der Waals surface area contributed by atoms with E-state index in [0.29, 0.717) is 31.6 Å². The Kier molecular flexibility index (Phi) is 6.11. The van der Waals surface area contributed by atoms with Gasteiger partial charge in [0, 0.05) is 19.6 Å². The largest absolute Gasteiger partial charge is 0.472 e. The van der Waals surface area contributed by atoms with Crippen LogP contribution in [0.15, 0.2) is 53.3 Å². The van der Waals surface area contributed by atoms with E-state index < -0.39 is 10.0 Å². The summed E-state index contributed by atoms with van der Waals surface area (Å²) in [6, 6.07) is 11.3. The number of piperidine rings is 1. The van der Waals surface area contributed by atoms with Crippen LogP contribution in [-0.2, 0) is 16.4 Å². The van der Waals surface area contributed by atoms with Gasteiger partial charge in [-0.1, -0.05) is 30.3 Å². The minimum absolute atomic E-state index is 0.0272. The van der Waals surface area contributed by atoms with Crippen LogP contribution >= 0.6 is 0 Å². The average Bonchev–Trinajstić information content (AvgIpc) is 3.20. The van der Waals surface area contributed by atoms with E-state index in [4.69, 9.17) is 4.42 Å². The van der Waals surface area contributed by atoms with E-state index in [1.165, 1.54) is 12.5 Å². The number of carbonyl (C=O) groups is 1. The number of carbonyl (C=O) groups excluding carboxylic acids is 1. The van der Waals surface area contributed by atoms with Crippen molar-refractivity contribution in [2.75, 3.05) is 25.4 Å². The van der Waals surface area contributed by atoms with Gasteiger partial charge in [0.25, 0.3) is 5.91 Å². The zero-order valence-corrected chi connectivity index (χ0v) is 15.5. The highest BCUT2D eigenvalue weighted by molar-refractivity contribution is 7.89. The molecule has 1 aliphatic rings. The lowest BCUT2D eigenvalue weighted by Gasteiger charge is -2.31. The molecule has 0 aliphatic carbocycles. The molecule has 0 spiro atoms. The van der Waals surface area contributed by atoms with Crippen LogP contribution in [0.1, 0.15) is 28.8 Å². The molecule has 7 heteroatoms. The Bertz CT molecular complexity index is 795. The van der Waals surface area contributed by atoms with E-state index in [9.17, 15) is 13.2 Å². The lowest BCUT2D eigenvalue weighted by Crippen LogP contribution is -2.41. The maximum Gasteiger partial charge on any atom is 0.257 e. The fourth-order valence-corrected chi connectivity index (χ4v) is 4.26. The van der Waals surface area contributed by atoms with Crippen molar-refractivity contribution in [3.63, 3.8) is 0 Å². The van der Waals surface area contributed by atoms with Crippen LogP contribution in [-0.4, -0.2) is 44.6 Å². The lowest BCUT2D eigenvalue weighted by molar-refractivity contribution is 0.0691. The molecular weight excluding hydrogens is 352 g/mol. The Morgan fingerprint density at radius 3 is 2.54 bits per heavy atom. The molecule has 2 heterocycles. The lowest BCUT2D eigenvalue weighted by atomic mass is 9.97. The minimum atomic E-state index is -3.29. The first-order chi connectivity index (χ1) is 12.5. The summed E-state index contributed by atoms with van der Waals surface area (Å²) in [6.45, 7) is 1.71. The summed E-state index contributed by atoms with van der Waals surface area (Å²) >= 11 is 0. The topological polar surface area (TPSA) is 79.6 Å². The molecule has 1 saturated heterocycles. The molecule has 0 radical (unpaired) electrons. The Balaban J connectivity index is 1.41. The second kappa shape index (κ2) is 8.51. The molecule has 140 valence electrons. The minimum Gasteiger partial charge on any atom is -0.472 e. The highest BCUT2D eigenvalue weighted by Gasteiger charge is 2.25. The summed E-state index contributed by atoms with van der Waals surface area (Å²) in [4.78, 5) is 14.1. The number of amides is 1. The molecule has 2 aromatic rings. The molecule has 0 bridgehead atoms. The van der Waals surface area contributed by atoms with Crippen LogP contribution in [0.25, 0.3) is 0 Å². The Hall–Kier alpha value is -2.12. The fourth-order valence-electron chi connectivity index (χ4n) is 3.12. The Labute approximate surface area is 154 Å². The maximum absolute atomic E-state index is 12.3. The zero-order valence-electron chi connectivity index (χ0n) is 14.6. The highest BCUT2D eigenvalue weighted by Crippen LogP contribution is 2.19. The van der Waals surface area contributed by atoms with Crippen molar-refractivity contribution in [3.05, 3.63) is 60.1 Å². The third kappa shape index (κ3) is 5.19. The number of hydrogen-bond donors (Lipinski definition) is 1. The first-order valence-electron chi connectivity index (χ1n) is 8.86. The van der Waals surface area contributed by atoms with Crippen LogP contribution < -0.4 is 4.72 Å². The third-order valence-corrected chi connectivity index (χ3v) is 6.11. The van der Waals surface area contributed by atoms with E-state index in [-0.39, 0.29) is 17.6 Å². The summed E-state index contributed by atoms with van der Waals surface area (Å²) < 4.78 is 32.1. The van der Waals surface area contributed by atoms with Gasteiger partial charge in [0.1, 0.15) is 6.26 Å². The van der Waals surface area contributed by atoms with E-state index >= 15 is 0 Å². The van der Waals surface area contributed by atoms with Crippen LogP contribution in [0.2, 0.25) is 0 Å². The van der Waals surface area contributed by atoms with Crippen LogP contribution in [0, 0.1) is 5.92 Å². The van der Waals surface area contributed by atoms with Crippen molar-refractivity contribution in [2.24, 2.45) is 5.92 Å². The summed E-state index contributed by atoms with van der Waals surface area (Å²) in [6.07, 6.45) is 5.04. The molecule has 1 N–H and O–H groups in total. The van der Waals surface area contributed by atoms with Gasteiger partial charge in [-0.25, -0.2) is 13.1 Å². The van der Waals surface area contributed by atoms with E-state index in [1.54, 1.807) is 11.0 Å². The fraction of sp³-hybridized carbons (Fsp3) is 0.421. The molecule has 3 rings (SSSR count). The van der Waals surface area contributed by atoms with Crippen molar-refractivity contribution in [1.82, 2.24) is 9.62 Å². The van der Waals surface area contributed by atoms with Gasteiger partial charge in [0.05, 0.1) is 17.6 Å². The monoisotopic (exact) mass is 376 g/mol. The van der Waals surface area contributed by atoms with Crippen molar-refractivity contribution < 1.29 is 17.6 Å². The van der Waals surface area contributed by atoms with Crippen LogP contribution in [0.3, 0.4) is 0 Å². The van der Waals surface area contributed by atoms with Crippen molar-refractivity contribution in [3.8, 4) is 0 Å². The molecule has 1 aromatic heterocycles. The zero-order chi connectivity index (χ0) is 18.4. The number of furan rings is 1. The van der Waals surface area contributed by atoms with Gasteiger partial charge in [0.15, 0.2) is 0 Å². The summed E-state index contributed by atoms with van der Waals surface area (Å²) in [7, 11) is -3.29. The summed E-state index contributed by atoms with van der Waals surface area (Å²) in [5, 5.41) is 0. The van der Waals surface area contributed by atoms with E-state index in [2.05, 4.69) is 4.72 Å². The van der Waals surface area contributed by atoms with Gasteiger partial charge in [-0.2, -0.15) is 0 Å². The normalized spacial score (nSPS) is 15.9. The SMILES string of the molecule is O=C(c1ccoc1)N1CCC(CNS(=O)(=O)CCc2ccccc2)CC1. The van der Waals surface area contributed by atoms with E-state index in [1.807, 2.05) is 30.3 Å². The van der Waals surface area contributed by atoms with Gasteiger partial charge >= 0.3 is 0 Å². The smallest absolute Gasteiger partial charge is 0.257 e. The number of nitrogens with one attached hydrogen (secondary N) is 1. The molecule has 6 nitrogen and oxygen atoms in total. The first-order valence-corrected chi connectivity index (χ1v) is 10.5. The Morgan fingerprint density at radius 2 is 1.88 bits per heavy atom. The first kappa shape index (κ1) is 18.7. The summed E-state index contributed by atoms with van der Waals surface area (Å²) in [5.74, 6) is 0.324. The number of hydrogen-bond acceptors (Lipinski definition) is 4. The van der Waals surface area contributed by atoms with Crippen LogP contribution in [0.5, 0.6) is 0 Å². The Morgan fingerprint density at radius 1 is 1.15 bits per heavy atom. The average molecular weight is 376 g/mol. The highest BCUT2D eigenvalue weighted by atomic mass is 32.2. The van der Waals surface area contributed by atoms with Gasteiger partial charge in [-0.3, -0.25) is 4.79 Å². The molecule has 26 heavy (non-hydrogen) atoms. The third-order valence-electron chi connectivity index (χ3n) is 4.76. The van der Waals surface area contributed by atoms with Crippen LogP contribution in [0.4, 0.5) is 0 Å². The van der Waals surface area contributed by atoms with Gasteiger partial charge < -0.3 is 9.32 Å². The number of sulfonamides is 1. The predicted octanol–water partition coefficient (Wildman–Crippen LogP) is 2.29. The summed E-state index contributed by atoms with van der Waals surface area (Å²) in [5.41, 5.74) is 1.58. The molecule has 1 fully saturated rings. The standard InChI is InChI=1S/C19H24N2O4S/c22-19(18-8-12-25-15-18)21-10-6-17(7-11-21)14-20-26(23,24)13-9-16-4-2-1-3-5-16/h1-5,8,12,15,17,20H,6-7,9-11,13-14H2. The second-order valence-electron chi connectivity index (χ2n) is 6.65. The molecular formula is C19H24N2O4S. The molecule has 0 atom stereocenters. The molecule has 1 amide bonds. The van der Waals surface area contributed by atoms with Crippen molar-refractivity contribution in [1.29, 1.82) is 0 Å². The number of aryl methyl sites for hydroxylation is 1. The van der Waals surface area contributed by atoms with E-state index in [0.717, 1.165) is 18.4 Å². The van der Waals surface area contributed by atoms with Crippen molar-refractivity contribution in [2.45, 2.75) is 19.3 Å². The number of rotatable bonds is 7. The van der Waals surface area contributed by atoms with Gasteiger partial charge in [-0.15, -0.1) is 0 Å². The second-order valence-corrected chi connectivity index (χ2v) is 8.58. The molecule has 1 aromatic carbocycles.